The lowest BCUT2D eigenvalue weighted by Gasteiger charge is -2.29. The van der Waals surface area contributed by atoms with Crippen LogP contribution in [-0.2, 0) is 28.8 Å². The van der Waals surface area contributed by atoms with Crippen molar-refractivity contribution in [3.63, 3.8) is 0 Å². The van der Waals surface area contributed by atoms with E-state index in [9.17, 15) is 33.9 Å². The molecule has 192 valence electrons. The van der Waals surface area contributed by atoms with E-state index in [1.807, 2.05) is 13.8 Å². The summed E-state index contributed by atoms with van der Waals surface area (Å²) >= 11 is 0. The van der Waals surface area contributed by atoms with Gasteiger partial charge in [-0.1, -0.05) is 13.8 Å². The molecule has 14 heteroatoms. The SMILES string of the molecule is CC(C)C[C@H](NC(=O)CN)C(=O)N1C[C@H](O)C[C@H]1C(=O)NCC(=O)N[C@@H](CCC(=O)O)C(=O)O. The maximum Gasteiger partial charge on any atom is 0.326 e. The number of aliphatic hydroxyl groups is 1. The van der Waals surface area contributed by atoms with Gasteiger partial charge < -0.3 is 41.9 Å². The van der Waals surface area contributed by atoms with Crippen molar-refractivity contribution in [3.05, 3.63) is 0 Å². The van der Waals surface area contributed by atoms with Crippen LogP contribution in [0.5, 0.6) is 0 Å². The molecule has 0 radical (unpaired) electrons. The second kappa shape index (κ2) is 13.4. The van der Waals surface area contributed by atoms with E-state index in [0.717, 1.165) is 4.90 Å². The first-order valence-electron chi connectivity index (χ1n) is 10.8. The van der Waals surface area contributed by atoms with Gasteiger partial charge in [-0.2, -0.15) is 0 Å². The second-order valence-corrected chi connectivity index (χ2v) is 8.46. The third-order valence-corrected chi connectivity index (χ3v) is 5.09. The lowest BCUT2D eigenvalue weighted by molar-refractivity contribution is -0.143. The molecular weight excluding hydrogens is 454 g/mol. The summed E-state index contributed by atoms with van der Waals surface area (Å²) in [5.74, 6) is -5.35. The molecular formula is C20H33N5O9. The number of carboxylic acid groups (broad SMARTS) is 2. The largest absolute Gasteiger partial charge is 0.481 e. The van der Waals surface area contributed by atoms with Crippen molar-refractivity contribution in [1.82, 2.24) is 20.9 Å². The van der Waals surface area contributed by atoms with Crippen LogP contribution in [0.15, 0.2) is 0 Å². The van der Waals surface area contributed by atoms with Crippen LogP contribution >= 0.6 is 0 Å². The Balaban J connectivity index is 2.80. The van der Waals surface area contributed by atoms with Crippen molar-refractivity contribution in [3.8, 4) is 0 Å². The summed E-state index contributed by atoms with van der Waals surface area (Å²) in [6, 6.07) is -3.51. The maximum atomic E-state index is 13.1. The van der Waals surface area contributed by atoms with Gasteiger partial charge in [-0.25, -0.2) is 4.79 Å². The molecule has 1 heterocycles. The van der Waals surface area contributed by atoms with E-state index in [1.54, 1.807) is 0 Å². The van der Waals surface area contributed by atoms with Crippen LogP contribution in [0.4, 0.5) is 0 Å². The van der Waals surface area contributed by atoms with Gasteiger partial charge in [-0.05, 0) is 18.8 Å². The summed E-state index contributed by atoms with van der Waals surface area (Å²) in [5, 5.41) is 34.8. The first-order chi connectivity index (χ1) is 15.8. The second-order valence-electron chi connectivity index (χ2n) is 8.46. The molecule has 0 aliphatic carbocycles. The Kier molecular flexibility index (Phi) is 11.4. The first-order valence-corrected chi connectivity index (χ1v) is 10.8. The highest BCUT2D eigenvalue weighted by Crippen LogP contribution is 2.21. The number of nitrogens with zero attached hydrogens (tertiary/aromatic N) is 1. The zero-order valence-electron chi connectivity index (χ0n) is 19.2. The number of hydrogen-bond acceptors (Lipinski definition) is 8. The standard InChI is InChI=1S/C20H33N5O9/c1-10(2)5-13(24-15(27)7-21)19(32)25-9-11(26)6-14(25)18(31)22-8-16(28)23-12(20(33)34)3-4-17(29)30/h10-14,26H,3-9,21H2,1-2H3,(H,22,31)(H,23,28)(H,24,27)(H,29,30)(H,33,34)/t11-,12+,13+,14+/m1/s1. The Labute approximate surface area is 196 Å². The Morgan fingerprint density at radius 3 is 2.18 bits per heavy atom. The van der Waals surface area contributed by atoms with E-state index in [-0.39, 0.29) is 38.3 Å². The van der Waals surface area contributed by atoms with Crippen LogP contribution < -0.4 is 21.7 Å². The van der Waals surface area contributed by atoms with Gasteiger partial charge in [0.15, 0.2) is 0 Å². The van der Waals surface area contributed by atoms with Crippen molar-refractivity contribution in [1.29, 1.82) is 0 Å². The van der Waals surface area contributed by atoms with Crippen LogP contribution in [0.25, 0.3) is 0 Å². The summed E-state index contributed by atoms with van der Waals surface area (Å²) in [4.78, 5) is 72.5. The molecule has 0 bridgehead atoms. The predicted molar refractivity (Wildman–Crippen MR) is 116 cm³/mol. The quantitative estimate of drug-likeness (QED) is 0.139. The fourth-order valence-electron chi connectivity index (χ4n) is 3.51. The van der Waals surface area contributed by atoms with E-state index in [2.05, 4.69) is 16.0 Å². The van der Waals surface area contributed by atoms with E-state index in [0.29, 0.717) is 0 Å². The van der Waals surface area contributed by atoms with Gasteiger partial charge >= 0.3 is 11.9 Å². The van der Waals surface area contributed by atoms with Crippen molar-refractivity contribution in [2.75, 3.05) is 19.6 Å². The number of carbonyl (C=O) groups is 6. The molecule has 1 aliphatic heterocycles. The van der Waals surface area contributed by atoms with E-state index >= 15 is 0 Å². The Hall–Kier alpha value is -3.26. The van der Waals surface area contributed by atoms with Crippen LogP contribution in [-0.4, -0.2) is 99.7 Å². The van der Waals surface area contributed by atoms with Crippen LogP contribution in [0.1, 0.15) is 39.5 Å². The number of aliphatic hydroxyl groups excluding tert-OH is 1. The number of amides is 4. The molecule has 0 saturated carbocycles. The monoisotopic (exact) mass is 487 g/mol. The molecule has 1 aliphatic rings. The molecule has 4 amide bonds. The number of rotatable bonds is 13. The number of β-amino-alcohol motifs (C(OH)–C–C–N with tert-alkyl or cyclic N) is 1. The van der Waals surface area contributed by atoms with Crippen molar-refractivity contribution in [2.45, 2.75) is 63.8 Å². The Morgan fingerprint density at radius 1 is 1.03 bits per heavy atom. The molecule has 0 aromatic rings. The third kappa shape index (κ3) is 9.31. The van der Waals surface area contributed by atoms with Crippen molar-refractivity contribution in [2.24, 2.45) is 11.7 Å². The fraction of sp³-hybridized carbons (Fsp3) is 0.700. The van der Waals surface area contributed by atoms with Gasteiger partial charge in [-0.3, -0.25) is 24.0 Å². The van der Waals surface area contributed by atoms with Gasteiger partial charge in [-0.15, -0.1) is 0 Å². The minimum atomic E-state index is -1.45. The maximum absolute atomic E-state index is 13.1. The summed E-state index contributed by atoms with van der Waals surface area (Å²) < 4.78 is 0. The van der Waals surface area contributed by atoms with Gasteiger partial charge in [0.25, 0.3) is 0 Å². The van der Waals surface area contributed by atoms with E-state index < -0.39 is 72.8 Å². The highest BCUT2D eigenvalue weighted by Gasteiger charge is 2.41. The van der Waals surface area contributed by atoms with Gasteiger partial charge in [0.05, 0.1) is 19.2 Å². The topological polar surface area (TPSA) is 228 Å². The molecule has 1 rings (SSSR count). The smallest absolute Gasteiger partial charge is 0.326 e. The van der Waals surface area contributed by atoms with E-state index in [1.165, 1.54) is 0 Å². The van der Waals surface area contributed by atoms with Crippen molar-refractivity contribution < 1.29 is 44.1 Å². The third-order valence-electron chi connectivity index (χ3n) is 5.09. The normalized spacial score (nSPS) is 19.3. The molecule has 14 nitrogen and oxygen atoms in total. The highest BCUT2D eigenvalue weighted by atomic mass is 16.4. The molecule has 0 aromatic heterocycles. The fourth-order valence-corrected chi connectivity index (χ4v) is 3.51. The minimum absolute atomic E-state index is 0.0267. The van der Waals surface area contributed by atoms with Crippen LogP contribution in [0.3, 0.4) is 0 Å². The number of aliphatic carboxylic acids is 2. The van der Waals surface area contributed by atoms with Crippen molar-refractivity contribution >= 4 is 35.6 Å². The lowest BCUT2D eigenvalue weighted by atomic mass is 10.0. The number of carbonyl (C=O) groups excluding carboxylic acids is 4. The number of carboxylic acids is 2. The predicted octanol–water partition coefficient (Wildman–Crippen LogP) is -3.01. The number of nitrogens with one attached hydrogen (secondary N) is 3. The summed E-state index contributed by atoms with van der Waals surface area (Å²) in [5.41, 5.74) is 5.31. The number of nitrogens with two attached hydrogens (primary N) is 1. The van der Waals surface area contributed by atoms with Gasteiger partial charge in [0.1, 0.15) is 18.1 Å². The molecule has 0 unspecified atom stereocenters. The van der Waals surface area contributed by atoms with Gasteiger partial charge in [0, 0.05) is 19.4 Å². The lowest BCUT2D eigenvalue weighted by Crippen LogP contribution is -2.55. The zero-order valence-corrected chi connectivity index (χ0v) is 19.2. The van der Waals surface area contributed by atoms with E-state index in [4.69, 9.17) is 15.9 Å². The van der Waals surface area contributed by atoms with Crippen LogP contribution in [0, 0.1) is 5.92 Å². The molecule has 1 fully saturated rings. The molecule has 8 N–H and O–H groups in total. The number of hydrogen-bond donors (Lipinski definition) is 7. The number of likely N-dealkylation sites (tertiary alicyclic amines) is 1. The molecule has 0 spiro atoms. The van der Waals surface area contributed by atoms with Gasteiger partial charge in [0.2, 0.25) is 23.6 Å². The highest BCUT2D eigenvalue weighted by molar-refractivity contribution is 5.94. The Bertz CT molecular complexity index is 788. The molecule has 1 saturated heterocycles. The zero-order chi connectivity index (χ0) is 26.0. The van der Waals surface area contributed by atoms with Crippen LogP contribution in [0.2, 0.25) is 0 Å². The summed E-state index contributed by atoms with van der Waals surface area (Å²) in [6.45, 7) is 2.60. The Morgan fingerprint density at radius 2 is 1.65 bits per heavy atom. The average Bonchev–Trinajstić information content (AvgIpc) is 3.14. The summed E-state index contributed by atoms with van der Waals surface area (Å²) in [7, 11) is 0. The molecule has 0 aromatic carbocycles. The molecule has 4 atom stereocenters. The molecule has 34 heavy (non-hydrogen) atoms. The first kappa shape index (κ1) is 28.8. The summed E-state index contributed by atoms with van der Waals surface area (Å²) in [6.07, 6.45) is -1.62. The minimum Gasteiger partial charge on any atom is -0.481 e. The average molecular weight is 488 g/mol.